The Labute approximate surface area is 53.3 Å². The Morgan fingerprint density at radius 3 is 3.22 bits per heavy atom. The van der Waals surface area contributed by atoms with Crippen LogP contribution in [0.5, 0.6) is 0 Å². The van der Waals surface area contributed by atoms with Crippen LogP contribution < -0.4 is 0 Å². The Hall–Kier alpha value is -1.30. The van der Waals surface area contributed by atoms with Crippen LogP contribution in [0, 0.1) is 11.3 Å². The minimum absolute atomic E-state index is 0.535. The Bertz CT molecular complexity index is 195. The van der Waals surface area contributed by atoms with E-state index in [2.05, 4.69) is 9.97 Å². The van der Waals surface area contributed by atoms with Gasteiger partial charge in [-0.25, -0.2) is 4.98 Å². The van der Waals surface area contributed by atoms with E-state index in [1.165, 1.54) is 0 Å². The molecule has 0 aliphatic carbocycles. The van der Waals surface area contributed by atoms with Gasteiger partial charge in [0, 0.05) is 25.2 Å². The van der Waals surface area contributed by atoms with Crippen molar-refractivity contribution >= 4 is 0 Å². The van der Waals surface area contributed by atoms with E-state index in [-0.39, 0.29) is 0 Å². The average Bonchev–Trinajstić information content (AvgIpc) is 2.34. The molecule has 0 bridgehead atoms. The monoisotopic (exact) mass is 121 g/mol. The minimum atomic E-state index is 0.535. The molecule has 0 aromatic carbocycles. The second kappa shape index (κ2) is 2.88. The summed E-state index contributed by atoms with van der Waals surface area (Å²) in [6, 6.07) is 2.05. The number of rotatable bonds is 2. The highest BCUT2D eigenvalue weighted by Gasteiger charge is 1.90. The number of hydrogen-bond donors (Lipinski definition) is 1. The van der Waals surface area contributed by atoms with E-state index < -0.39 is 0 Å². The third-order valence-electron chi connectivity index (χ3n) is 1.03. The van der Waals surface area contributed by atoms with Gasteiger partial charge in [0.15, 0.2) is 0 Å². The molecule has 1 aromatic heterocycles. The Morgan fingerprint density at radius 2 is 2.67 bits per heavy atom. The summed E-state index contributed by atoms with van der Waals surface area (Å²) in [6.45, 7) is 0. The smallest absolute Gasteiger partial charge is 0.107 e. The number of imidazole rings is 1. The minimum Gasteiger partial charge on any atom is -0.349 e. The van der Waals surface area contributed by atoms with Gasteiger partial charge in [-0.1, -0.05) is 0 Å². The number of nitrogens with one attached hydrogen (secondary N) is 1. The summed E-state index contributed by atoms with van der Waals surface area (Å²) >= 11 is 0. The van der Waals surface area contributed by atoms with Gasteiger partial charge in [-0.2, -0.15) is 5.26 Å². The molecule has 1 N–H and O–H groups in total. The normalized spacial score (nSPS) is 8.78. The summed E-state index contributed by atoms with van der Waals surface area (Å²) in [5.74, 6) is 0.886. The summed E-state index contributed by atoms with van der Waals surface area (Å²) < 4.78 is 0. The molecule has 1 aromatic rings. The Balaban J connectivity index is 2.41. The van der Waals surface area contributed by atoms with Gasteiger partial charge in [0.05, 0.1) is 6.07 Å². The average molecular weight is 121 g/mol. The van der Waals surface area contributed by atoms with Crippen molar-refractivity contribution in [3.05, 3.63) is 18.2 Å². The van der Waals surface area contributed by atoms with Crippen molar-refractivity contribution < 1.29 is 0 Å². The van der Waals surface area contributed by atoms with Crippen LogP contribution in [-0.2, 0) is 6.42 Å². The van der Waals surface area contributed by atoms with Crippen molar-refractivity contribution in [3.8, 4) is 6.07 Å². The summed E-state index contributed by atoms with van der Waals surface area (Å²) in [5, 5.41) is 8.17. The van der Waals surface area contributed by atoms with E-state index in [9.17, 15) is 0 Å². The molecule has 0 aliphatic rings. The van der Waals surface area contributed by atoms with E-state index in [1.807, 2.05) is 6.07 Å². The maximum atomic E-state index is 8.17. The molecule has 0 radical (unpaired) electrons. The van der Waals surface area contributed by atoms with Crippen molar-refractivity contribution in [1.82, 2.24) is 9.97 Å². The molecule has 0 amide bonds. The second-order valence-corrected chi connectivity index (χ2v) is 1.69. The fraction of sp³-hybridized carbons (Fsp3) is 0.333. The molecular weight excluding hydrogens is 114 g/mol. The van der Waals surface area contributed by atoms with Crippen LogP contribution in [0.2, 0.25) is 0 Å². The molecule has 46 valence electrons. The molecule has 0 saturated heterocycles. The molecule has 3 heteroatoms. The zero-order chi connectivity index (χ0) is 6.53. The van der Waals surface area contributed by atoms with Gasteiger partial charge in [-0.3, -0.25) is 0 Å². The number of aromatic amines is 1. The predicted molar refractivity (Wildman–Crippen MR) is 32.5 cm³/mol. The Morgan fingerprint density at radius 1 is 1.78 bits per heavy atom. The second-order valence-electron chi connectivity index (χ2n) is 1.69. The van der Waals surface area contributed by atoms with E-state index in [1.54, 1.807) is 12.4 Å². The van der Waals surface area contributed by atoms with Gasteiger partial charge < -0.3 is 4.98 Å². The number of hydrogen-bond acceptors (Lipinski definition) is 2. The molecule has 0 fully saturated rings. The van der Waals surface area contributed by atoms with Crippen molar-refractivity contribution in [2.45, 2.75) is 12.8 Å². The third kappa shape index (κ3) is 1.57. The zero-order valence-electron chi connectivity index (χ0n) is 4.96. The van der Waals surface area contributed by atoms with Gasteiger partial charge in [0.25, 0.3) is 0 Å². The zero-order valence-corrected chi connectivity index (χ0v) is 4.96. The van der Waals surface area contributed by atoms with Gasteiger partial charge in [-0.05, 0) is 0 Å². The SMILES string of the molecule is N#CCCc1ncc[nH]1. The first-order valence-corrected chi connectivity index (χ1v) is 2.78. The number of aromatic nitrogens is 2. The van der Waals surface area contributed by atoms with Crippen LogP contribution in [0.1, 0.15) is 12.2 Å². The first kappa shape index (κ1) is 5.83. The fourth-order valence-corrected chi connectivity index (χ4v) is 0.609. The lowest BCUT2D eigenvalue weighted by molar-refractivity contribution is 0.917. The lowest BCUT2D eigenvalue weighted by Gasteiger charge is -1.84. The predicted octanol–water partition coefficient (Wildman–Crippen LogP) is 0.866. The van der Waals surface area contributed by atoms with Crippen LogP contribution in [-0.4, -0.2) is 9.97 Å². The topological polar surface area (TPSA) is 52.5 Å². The highest BCUT2D eigenvalue weighted by Crippen LogP contribution is 1.91. The highest BCUT2D eigenvalue weighted by atomic mass is 14.9. The lowest BCUT2D eigenvalue weighted by Crippen LogP contribution is -1.84. The molecule has 3 nitrogen and oxygen atoms in total. The van der Waals surface area contributed by atoms with Crippen LogP contribution in [0.15, 0.2) is 12.4 Å². The molecule has 0 atom stereocenters. The van der Waals surface area contributed by atoms with E-state index in [0.29, 0.717) is 6.42 Å². The molecule has 1 heterocycles. The van der Waals surface area contributed by atoms with Gasteiger partial charge in [-0.15, -0.1) is 0 Å². The summed E-state index contributed by atoms with van der Waals surface area (Å²) in [4.78, 5) is 6.86. The van der Waals surface area contributed by atoms with Crippen molar-refractivity contribution in [3.63, 3.8) is 0 Å². The maximum Gasteiger partial charge on any atom is 0.107 e. The molecule has 0 unspecified atom stereocenters. The summed E-state index contributed by atoms with van der Waals surface area (Å²) in [5.41, 5.74) is 0. The fourth-order valence-electron chi connectivity index (χ4n) is 0.609. The maximum absolute atomic E-state index is 8.17. The number of nitrogens with zero attached hydrogens (tertiary/aromatic N) is 2. The van der Waals surface area contributed by atoms with Crippen LogP contribution >= 0.6 is 0 Å². The first-order valence-electron chi connectivity index (χ1n) is 2.78. The van der Waals surface area contributed by atoms with Gasteiger partial charge in [0.1, 0.15) is 5.82 Å². The van der Waals surface area contributed by atoms with Crippen LogP contribution in [0.25, 0.3) is 0 Å². The number of aryl methyl sites for hydroxylation is 1. The molecule has 9 heavy (non-hydrogen) atoms. The third-order valence-corrected chi connectivity index (χ3v) is 1.03. The molecule has 1 rings (SSSR count). The Kier molecular flexibility index (Phi) is 1.86. The van der Waals surface area contributed by atoms with E-state index >= 15 is 0 Å². The quantitative estimate of drug-likeness (QED) is 0.631. The highest BCUT2D eigenvalue weighted by molar-refractivity contribution is 4.89. The summed E-state index contributed by atoms with van der Waals surface area (Å²) in [6.07, 6.45) is 4.70. The summed E-state index contributed by atoms with van der Waals surface area (Å²) in [7, 11) is 0. The van der Waals surface area contributed by atoms with E-state index in [4.69, 9.17) is 5.26 Å². The molecular formula is C6H7N3. The number of H-pyrrole nitrogens is 1. The van der Waals surface area contributed by atoms with E-state index in [0.717, 1.165) is 12.2 Å². The first-order chi connectivity index (χ1) is 4.43. The molecule has 0 spiro atoms. The van der Waals surface area contributed by atoms with Crippen molar-refractivity contribution in [1.29, 1.82) is 5.26 Å². The van der Waals surface area contributed by atoms with Gasteiger partial charge >= 0.3 is 0 Å². The van der Waals surface area contributed by atoms with Gasteiger partial charge in [0.2, 0.25) is 0 Å². The van der Waals surface area contributed by atoms with Crippen LogP contribution in [0.4, 0.5) is 0 Å². The largest absolute Gasteiger partial charge is 0.349 e. The van der Waals surface area contributed by atoms with Crippen LogP contribution in [0.3, 0.4) is 0 Å². The van der Waals surface area contributed by atoms with Crippen molar-refractivity contribution in [2.24, 2.45) is 0 Å². The molecule has 0 saturated carbocycles. The lowest BCUT2D eigenvalue weighted by atomic mass is 10.3. The molecule has 0 aliphatic heterocycles. The van der Waals surface area contributed by atoms with Crippen molar-refractivity contribution in [2.75, 3.05) is 0 Å². The number of nitriles is 1. The standard InChI is InChI=1S/C6H7N3/c7-3-1-2-6-8-4-5-9-6/h4-5H,1-2H2,(H,8,9).